The third kappa shape index (κ3) is 3.24. The SMILES string of the molecule is CCOC(=O)/C=C/CC1(Cc2ccncc2)c2ccccc2-c2ccccc21. The number of hydrogen-bond acceptors (Lipinski definition) is 3. The number of ether oxygens (including phenoxy) is 1. The van der Waals surface area contributed by atoms with E-state index in [-0.39, 0.29) is 11.4 Å². The molecule has 1 heterocycles. The summed E-state index contributed by atoms with van der Waals surface area (Å²) >= 11 is 0. The zero-order valence-electron chi connectivity index (χ0n) is 16.0. The van der Waals surface area contributed by atoms with Crippen molar-refractivity contribution in [2.45, 2.75) is 25.2 Å². The van der Waals surface area contributed by atoms with E-state index < -0.39 is 0 Å². The van der Waals surface area contributed by atoms with E-state index in [1.54, 1.807) is 6.08 Å². The van der Waals surface area contributed by atoms with Gasteiger partial charge in [-0.1, -0.05) is 54.6 Å². The average Bonchev–Trinajstić information content (AvgIpc) is 3.00. The van der Waals surface area contributed by atoms with E-state index in [4.69, 9.17) is 4.74 Å². The number of hydrogen-bond donors (Lipinski definition) is 0. The lowest BCUT2D eigenvalue weighted by Crippen LogP contribution is -2.27. The molecule has 4 rings (SSSR count). The number of nitrogens with zero attached hydrogens (tertiary/aromatic N) is 1. The molecule has 1 aliphatic rings. The minimum atomic E-state index is -0.291. The van der Waals surface area contributed by atoms with Crippen LogP contribution in [0.1, 0.15) is 30.0 Å². The molecule has 0 bridgehead atoms. The summed E-state index contributed by atoms with van der Waals surface area (Å²) in [6, 6.07) is 21.3. The summed E-state index contributed by atoms with van der Waals surface area (Å²) in [4.78, 5) is 16.0. The van der Waals surface area contributed by atoms with Crippen molar-refractivity contribution in [3.8, 4) is 11.1 Å². The fourth-order valence-electron chi connectivity index (χ4n) is 4.29. The fraction of sp³-hybridized carbons (Fsp3) is 0.200. The molecule has 28 heavy (non-hydrogen) atoms. The first-order valence-electron chi connectivity index (χ1n) is 9.66. The summed E-state index contributed by atoms with van der Waals surface area (Å²) in [6.45, 7) is 2.21. The van der Waals surface area contributed by atoms with Gasteiger partial charge in [0, 0.05) is 23.9 Å². The van der Waals surface area contributed by atoms with Gasteiger partial charge in [-0.05, 0) is 59.7 Å². The monoisotopic (exact) mass is 369 g/mol. The van der Waals surface area contributed by atoms with E-state index in [0.29, 0.717) is 6.61 Å². The number of benzene rings is 2. The number of carbonyl (C=O) groups excluding carboxylic acids is 1. The Bertz CT molecular complexity index is 962. The zero-order chi connectivity index (χ0) is 19.4. The second-order valence-corrected chi connectivity index (χ2v) is 7.06. The standard InChI is InChI=1S/C25H23NO2/c1-2-28-24(27)12-7-15-25(18-19-13-16-26-17-14-19)22-10-5-3-8-20(22)21-9-4-6-11-23(21)25/h3-14,16-17H,2,15,18H2,1H3/b12-7+. The van der Waals surface area contributed by atoms with Crippen LogP contribution < -0.4 is 0 Å². The molecule has 0 amide bonds. The Balaban J connectivity index is 1.82. The van der Waals surface area contributed by atoms with Gasteiger partial charge in [-0.15, -0.1) is 0 Å². The lowest BCUT2D eigenvalue weighted by atomic mass is 9.71. The molecule has 0 unspecified atom stereocenters. The van der Waals surface area contributed by atoms with Crippen molar-refractivity contribution in [1.82, 2.24) is 4.98 Å². The van der Waals surface area contributed by atoms with Crippen LogP contribution in [0.25, 0.3) is 11.1 Å². The third-order valence-corrected chi connectivity index (χ3v) is 5.44. The number of carbonyl (C=O) groups is 1. The predicted molar refractivity (Wildman–Crippen MR) is 111 cm³/mol. The van der Waals surface area contributed by atoms with Gasteiger partial charge in [-0.25, -0.2) is 4.79 Å². The fourth-order valence-corrected chi connectivity index (χ4v) is 4.29. The molecule has 0 fully saturated rings. The summed E-state index contributed by atoms with van der Waals surface area (Å²) in [5.41, 5.74) is 6.17. The number of fused-ring (bicyclic) bond motifs is 3. The number of esters is 1. The minimum Gasteiger partial charge on any atom is -0.463 e. The Kier molecular flexibility index (Phi) is 5.07. The molecule has 0 radical (unpaired) electrons. The maximum Gasteiger partial charge on any atom is 0.330 e. The molecule has 0 saturated carbocycles. The molecule has 3 nitrogen and oxygen atoms in total. The molecule has 140 valence electrons. The van der Waals surface area contributed by atoms with Gasteiger partial charge in [-0.3, -0.25) is 4.98 Å². The molecule has 3 heteroatoms. The van der Waals surface area contributed by atoms with Gasteiger partial charge >= 0.3 is 5.97 Å². The van der Waals surface area contributed by atoms with Gasteiger partial charge in [0.15, 0.2) is 0 Å². The maximum atomic E-state index is 11.9. The first-order chi connectivity index (χ1) is 13.7. The van der Waals surface area contributed by atoms with Crippen molar-refractivity contribution in [1.29, 1.82) is 0 Å². The Morgan fingerprint density at radius 3 is 2.18 bits per heavy atom. The van der Waals surface area contributed by atoms with Crippen molar-refractivity contribution in [2.24, 2.45) is 0 Å². The van der Waals surface area contributed by atoms with E-state index in [2.05, 4.69) is 65.6 Å². The summed E-state index contributed by atoms with van der Waals surface area (Å²) in [5.74, 6) is -0.291. The number of rotatable bonds is 6. The molecule has 0 aliphatic heterocycles. The molecule has 0 saturated heterocycles. The van der Waals surface area contributed by atoms with Gasteiger partial charge in [0.1, 0.15) is 0 Å². The second kappa shape index (κ2) is 7.81. The molecular weight excluding hydrogens is 346 g/mol. The summed E-state index contributed by atoms with van der Waals surface area (Å²) < 4.78 is 5.06. The van der Waals surface area contributed by atoms with Crippen LogP contribution in [-0.2, 0) is 21.4 Å². The third-order valence-electron chi connectivity index (χ3n) is 5.44. The Hall–Kier alpha value is -3.20. The highest BCUT2D eigenvalue weighted by Crippen LogP contribution is 2.52. The van der Waals surface area contributed by atoms with E-state index in [1.165, 1.54) is 27.8 Å². The van der Waals surface area contributed by atoms with Gasteiger partial charge in [-0.2, -0.15) is 0 Å². The van der Waals surface area contributed by atoms with Crippen LogP contribution in [0.15, 0.2) is 85.2 Å². The van der Waals surface area contributed by atoms with Gasteiger partial charge < -0.3 is 4.74 Å². The first kappa shape index (κ1) is 18.2. The predicted octanol–water partition coefficient (Wildman–Crippen LogP) is 5.10. The van der Waals surface area contributed by atoms with Crippen LogP contribution in [0.5, 0.6) is 0 Å². The lowest BCUT2D eigenvalue weighted by molar-refractivity contribution is -0.137. The highest BCUT2D eigenvalue weighted by Gasteiger charge is 2.42. The summed E-state index contributed by atoms with van der Waals surface area (Å²) in [6.07, 6.45) is 8.76. The van der Waals surface area contributed by atoms with Crippen LogP contribution in [0.3, 0.4) is 0 Å². The van der Waals surface area contributed by atoms with Crippen LogP contribution in [0.4, 0.5) is 0 Å². The first-order valence-corrected chi connectivity index (χ1v) is 9.66. The Morgan fingerprint density at radius 1 is 0.964 bits per heavy atom. The number of pyridine rings is 1. The second-order valence-electron chi connectivity index (χ2n) is 7.06. The van der Waals surface area contributed by atoms with Crippen LogP contribution >= 0.6 is 0 Å². The quantitative estimate of drug-likeness (QED) is 0.448. The molecule has 0 spiro atoms. The van der Waals surface area contributed by atoms with E-state index in [9.17, 15) is 4.79 Å². The van der Waals surface area contributed by atoms with Crippen molar-refractivity contribution in [3.05, 3.63) is 102 Å². The van der Waals surface area contributed by atoms with Crippen LogP contribution in [0.2, 0.25) is 0 Å². The Morgan fingerprint density at radius 2 is 1.57 bits per heavy atom. The number of aromatic nitrogens is 1. The van der Waals surface area contributed by atoms with E-state index in [0.717, 1.165) is 12.8 Å². The lowest BCUT2D eigenvalue weighted by Gasteiger charge is -2.31. The van der Waals surface area contributed by atoms with Crippen LogP contribution in [0, 0.1) is 0 Å². The van der Waals surface area contributed by atoms with Crippen LogP contribution in [-0.4, -0.2) is 17.6 Å². The minimum absolute atomic E-state index is 0.225. The maximum absolute atomic E-state index is 11.9. The summed E-state index contributed by atoms with van der Waals surface area (Å²) in [5, 5.41) is 0. The molecule has 1 aromatic heterocycles. The van der Waals surface area contributed by atoms with Gasteiger partial charge in [0.2, 0.25) is 0 Å². The van der Waals surface area contributed by atoms with Crippen molar-refractivity contribution in [2.75, 3.05) is 6.61 Å². The zero-order valence-corrected chi connectivity index (χ0v) is 16.0. The molecular formula is C25H23NO2. The molecule has 0 N–H and O–H groups in total. The van der Waals surface area contributed by atoms with Gasteiger partial charge in [0.05, 0.1) is 6.61 Å². The van der Waals surface area contributed by atoms with Crippen molar-refractivity contribution >= 4 is 5.97 Å². The molecule has 1 aliphatic carbocycles. The highest BCUT2D eigenvalue weighted by atomic mass is 16.5. The Labute approximate surface area is 165 Å². The van der Waals surface area contributed by atoms with Gasteiger partial charge in [0.25, 0.3) is 0 Å². The number of allylic oxidation sites excluding steroid dienone is 1. The van der Waals surface area contributed by atoms with Crippen molar-refractivity contribution < 1.29 is 9.53 Å². The summed E-state index contributed by atoms with van der Waals surface area (Å²) in [7, 11) is 0. The molecule has 2 aromatic carbocycles. The van der Waals surface area contributed by atoms with E-state index >= 15 is 0 Å². The smallest absolute Gasteiger partial charge is 0.330 e. The normalized spacial score (nSPS) is 13.9. The average molecular weight is 369 g/mol. The van der Waals surface area contributed by atoms with Crippen molar-refractivity contribution in [3.63, 3.8) is 0 Å². The molecule has 3 aromatic rings. The highest BCUT2D eigenvalue weighted by molar-refractivity contribution is 5.83. The van der Waals surface area contributed by atoms with E-state index in [1.807, 2.05) is 25.4 Å². The molecule has 0 atom stereocenters. The largest absolute Gasteiger partial charge is 0.463 e. The topological polar surface area (TPSA) is 39.2 Å².